The molecular weight excluding hydrogens is 222 g/mol. The van der Waals surface area contributed by atoms with Crippen LogP contribution in [-0.2, 0) is 17.9 Å². The molecule has 1 fully saturated rings. The summed E-state index contributed by atoms with van der Waals surface area (Å²) in [6.07, 6.45) is 8.27. The van der Waals surface area contributed by atoms with Crippen LogP contribution in [0.1, 0.15) is 49.7 Å². The van der Waals surface area contributed by atoms with Gasteiger partial charge in [-0.25, -0.2) is 0 Å². The fraction of sp³-hybridized carbons (Fsp3) is 0.625. The van der Waals surface area contributed by atoms with Gasteiger partial charge in [0.1, 0.15) is 0 Å². The van der Waals surface area contributed by atoms with E-state index in [1.807, 2.05) is 6.07 Å². The average Bonchev–Trinajstić information content (AvgIpc) is 2.68. The summed E-state index contributed by atoms with van der Waals surface area (Å²) in [4.78, 5) is 0. The lowest BCUT2D eigenvalue weighted by atomic mass is 10.0. The maximum atomic E-state index is 5.90. The SMILES string of the molecule is NCc1ccccc1COCC1CCCCCC1. The summed E-state index contributed by atoms with van der Waals surface area (Å²) < 4.78 is 5.90. The lowest BCUT2D eigenvalue weighted by molar-refractivity contribution is 0.0815. The molecule has 2 rings (SSSR count). The maximum absolute atomic E-state index is 5.90. The van der Waals surface area contributed by atoms with E-state index in [1.165, 1.54) is 49.7 Å². The highest BCUT2D eigenvalue weighted by molar-refractivity contribution is 5.26. The molecule has 1 aromatic carbocycles. The molecule has 0 saturated heterocycles. The highest BCUT2D eigenvalue weighted by Crippen LogP contribution is 2.23. The van der Waals surface area contributed by atoms with Crippen molar-refractivity contribution in [2.24, 2.45) is 11.7 Å². The third-order valence-corrected chi connectivity index (χ3v) is 3.92. The van der Waals surface area contributed by atoms with E-state index in [1.54, 1.807) is 0 Å². The monoisotopic (exact) mass is 247 g/mol. The minimum absolute atomic E-state index is 0.600. The van der Waals surface area contributed by atoms with Gasteiger partial charge in [0.05, 0.1) is 6.61 Å². The van der Waals surface area contributed by atoms with Crippen molar-refractivity contribution in [3.8, 4) is 0 Å². The smallest absolute Gasteiger partial charge is 0.0720 e. The molecule has 1 aliphatic rings. The van der Waals surface area contributed by atoms with Gasteiger partial charge in [0.2, 0.25) is 0 Å². The topological polar surface area (TPSA) is 35.2 Å². The number of hydrogen-bond donors (Lipinski definition) is 1. The van der Waals surface area contributed by atoms with Crippen LogP contribution in [0.5, 0.6) is 0 Å². The van der Waals surface area contributed by atoms with Crippen LogP contribution >= 0.6 is 0 Å². The van der Waals surface area contributed by atoms with E-state index in [9.17, 15) is 0 Å². The standard InChI is InChI=1S/C16H25NO/c17-11-15-9-5-6-10-16(15)13-18-12-14-7-3-1-2-4-8-14/h5-6,9-10,14H,1-4,7-8,11-13,17H2. The Morgan fingerprint density at radius 1 is 1.00 bits per heavy atom. The van der Waals surface area contributed by atoms with Crippen molar-refractivity contribution >= 4 is 0 Å². The molecule has 2 N–H and O–H groups in total. The molecule has 0 amide bonds. The first-order chi connectivity index (χ1) is 8.90. The third kappa shape index (κ3) is 4.11. The van der Waals surface area contributed by atoms with Gasteiger partial charge in [0.15, 0.2) is 0 Å². The first-order valence-electron chi connectivity index (χ1n) is 7.24. The van der Waals surface area contributed by atoms with Gasteiger partial charge in [0.25, 0.3) is 0 Å². The van der Waals surface area contributed by atoms with Gasteiger partial charge in [-0.1, -0.05) is 49.9 Å². The minimum atomic E-state index is 0.600. The van der Waals surface area contributed by atoms with Crippen molar-refractivity contribution in [1.82, 2.24) is 0 Å². The Labute approximate surface area is 111 Å². The molecule has 1 saturated carbocycles. The van der Waals surface area contributed by atoms with E-state index < -0.39 is 0 Å². The Hall–Kier alpha value is -0.860. The Bertz CT molecular complexity index is 343. The van der Waals surface area contributed by atoms with Crippen LogP contribution in [0.25, 0.3) is 0 Å². The summed E-state index contributed by atoms with van der Waals surface area (Å²) in [6, 6.07) is 8.31. The van der Waals surface area contributed by atoms with Gasteiger partial charge in [0, 0.05) is 13.2 Å². The van der Waals surface area contributed by atoms with Gasteiger partial charge >= 0.3 is 0 Å². The molecule has 2 nitrogen and oxygen atoms in total. The number of hydrogen-bond acceptors (Lipinski definition) is 2. The van der Waals surface area contributed by atoms with E-state index >= 15 is 0 Å². The molecule has 0 radical (unpaired) electrons. The fourth-order valence-corrected chi connectivity index (χ4v) is 2.76. The van der Waals surface area contributed by atoms with Crippen LogP contribution in [0.4, 0.5) is 0 Å². The van der Waals surface area contributed by atoms with Crippen LogP contribution in [0.3, 0.4) is 0 Å². The highest BCUT2D eigenvalue weighted by Gasteiger charge is 2.12. The molecule has 0 atom stereocenters. The molecule has 2 heteroatoms. The van der Waals surface area contributed by atoms with Gasteiger partial charge in [-0.2, -0.15) is 0 Å². The van der Waals surface area contributed by atoms with E-state index in [2.05, 4.69) is 18.2 Å². The highest BCUT2D eigenvalue weighted by atomic mass is 16.5. The summed E-state index contributed by atoms with van der Waals surface area (Å²) in [5, 5.41) is 0. The summed E-state index contributed by atoms with van der Waals surface area (Å²) >= 11 is 0. The van der Waals surface area contributed by atoms with Gasteiger partial charge in [-0.05, 0) is 29.9 Å². The van der Waals surface area contributed by atoms with Crippen LogP contribution in [0.2, 0.25) is 0 Å². The van der Waals surface area contributed by atoms with Crippen LogP contribution in [0.15, 0.2) is 24.3 Å². The van der Waals surface area contributed by atoms with E-state index in [0.29, 0.717) is 13.2 Å². The van der Waals surface area contributed by atoms with Gasteiger partial charge in [-0.3, -0.25) is 0 Å². The van der Waals surface area contributed by atoms with E-state index in [0.717, 1.165) is 12.5 Å². The fourth-order valence-electron chi connectivity index (χ4n) is 2.76. The number of nitrogens with two attached hydrogens (primary N) is 1. The number of rotatable bonds is 5. The first kappa shape index (κ1) is 13.6. The first-order valence-corrected chi connectivity index (χ1v) is 7.24. The summed E-state index contributed by atoms with van der Waals surface area (Å²) in [6.45, 7) is 2.23. The summed E-state index contributed by atoms with van der Waals surface area (Å²) in [7, 11) is 0. The molecule has 18 heavy (non-hydrogen) atoms. The second-order valence-corrected chi connectivity index (χ2v) is 5.35. The molecule has 1 aliphatic carbocycles. The van der Waals surface area contributed by atoms with Crippen LogP contribution in [-0.4, -0.2) is 6.61 Å². The molecular formula is C16H25NO. The average molecular weight is 247 g/mol. The van der Waals surface area contributed by atoms with Crippen LogP contribution < -0.4 is 5.73 Å². The van der Waals surface area contributed by atoms with E-state index in [-0.39, 0.29) is 0 Å². The minimum Gasteiger partial charge on any atom is -0.376 e. The predicted octanol–water partition coefficient (Wildman–Crippen LogP) is 3.63. The quantitative estimate of drug-likeness (QED) is 0.806. The molecule has 0 aromatic heterocycles. The zero-order valence-corrected chi connectivity index (χ0v) is 11.2. The van der Waals surface area contributed by atoms with Crippen molar-refractivity contribution in [3.05, 3.63) is 35.4 Å². The Balaban J connectivity index is 1.77. The van der Waals surface area contributed by atoms with Crippen molar-refractivity contribution in [1.29, 1.82) is 0 Å². The van der Waals surface area contributed by atoms with Gasteiger partial charge < -0.3 is 10.5 Å². The molecule has 0 heterocycles. The molecule has 1 aromatic rings. The number of benzene rings is 1. The second kappa shape index (κ2) is 7.55. The molecule has 100 valence electrons. The van der Waals surface area contributed by atoms with Gasteiger partial charge in [-0.15, -0.1) is 0 Å². The van der Waals surface area contributed by atoms with Crippen molar-refractivity contribution in [2.75, 3.05) is 6.61 Å². The zero-order valence-electron chi connectivity index (χ0n) is 11.2. The third-order valence-electron chi connectivity index (χ3n) is 3.92. The predicted molar refractivity (Wildman–Crippen MR) is 75.2 cm³/mol. The number of ether oxygens (including phenoxy) is 1. The largest absolute Gasteiger partial charge is 0.376 e. The lowest BCUT2D eigenvalue weighted by Crippen LogP contribution is -2.10. The normalized spacial score (nSPS) is 17.6. The Morgan fingerprint density at radius 3 is 2.33 bits per heavy atom. The summed E-state index contributed by atoms with van der Waals surface area (Å²) in [5.74, 6) is 0.775. The molecule has 0 aliphatic heterocycles. The maximum Gasteiger partial charge on any atom is 0.0720 e. The van der Waals surface area contributed by atoms with E-state index in [4.69, 9.17) is 10.5 Å². The molecule has 0 spiro atoms. The zero-order chi connectivity index (χ0) is 12.6. The van der Waals surface area contributed by atoms with Crippen molar-refractivity contribution in [3.63, 3.8) is 0 Å². The molecule has 0 bridgehead atoms. The second-order valence-electron chi connectivity index (χ2n) is 5.35. The van der Waals surface area contributed by atoms with Crippen molar-refractivity contribution < 1.29 is 4.74 Å². The van der Waals surface area contributed by atoms with Crippen molar-refractivity contribution in [2.45, 2.75) is 51.7 Å². The lowest BCUT2D eigenvalue weighted by Gasteiger charge is -2.15. The van der Waals surface area contributed by atoms with Crippen LogP contribution in [0, 0.1) is 5.92 Å². The Morgan fingerprint density at radius 2 is 1.67 bits per heavy atom. The molecule has 0 unspecified atom stereocenters. The summed E-state index contributed by atoms with van der Waals surface area (Å²) in [5.41, 5.74) is 8.18. The Kier molecular flexibility index (Phi) is 5.69.